The zero-order valence-corrected chi connectivity index (χ0v) is 19.3. The second-order valence-corrected chi connectivity index (χ2v) is 8.52. The van der Waals surface area contributed by atoms with E-state index in [9.17, 15) is 4.79 Å². The monoisotopic (exact) mass is 460 g/mol. The van der Waals surface area contributed by atoms with E-state index in [0.29, 0.717) is 29.3 Å². The van der Waals surface area contributed by atoms with Crippen molar-refractivity contribution in [1.29, 1.82) is 5.26 Å². The lowest BCUT2D eigenvalue weighted by molar-refractivity contribution is -0.0329. The quantitative estimate of drug-likeness (QED) is 0.515. The number of H-pyrrole nitrogens is 1. The molecule has 4 rings (SSSR count). The van der Waals surface area contributed by atoms with Crippen LogP contribution in [0.25, 0.3) is 0 Å². The van der Waals surface area contributed by atoms with E-state index in [1.54, 1.807) is 42.6 Å². The molecule has 0 aliphatic heterocycles. The fourth-order valence-corrected chi connectivity index (χ4v) is 4.09. The number of carbonyl (C=O) groups is 1. The first-order valence-electron chi connectivity index (χ1n) is 11.5. The Morgan fingerprint density at radius 1 is 1.24 bits per heavy atom. The summed E-state index contributed by atoms with van der Waals surface area (Å²) in [5.74, 6) is 2.36. The van der Waals surface area contributed by atoms with Crippen LogP contribution in [0.3, 0.4) is 0 Å². The van der Waals surface area contributed by atoms with Crippen LogP contribution < -0.4 is 10.1 Å². The van der Waals surface area contributed by atoms with Crippen LogP contribution in [0, 0.1) is 24.2 Å². The van der Waals surface area contributed by atoms with Crippen LogP contribution in [0.2, 0.25) is 0 Å². The third-order valence-corrected chi connectivity index (χ3v) is 5.94. The van der Waals surface area contributed by atoms with Crippen LogP contribution in [0.1, 0.15) is 66.3 Å². The lowest BCUT2D eigenvalue weighted by Crippen LogP contribution is -2.33. The zero-order valence-electron chi connectivity index (χ0n) is 19.3. The molecule has 1 fully saturated rings. The summed E-state index contributed by atoms with van der Waals surface area (Å²) in [6, 6.07) is 12.2. The van der Waals surface area contributed by atoms with Crippen molar-refractivity contribution in [3.63, 3.8) is 0 Å². The molecule has 2 aromatic heterocycles. The molecule has 1 amide bonds. The topological polar surface area (TPSA) is 126 Å². The second kappa shape index (κ2) is 10.9. The minimum atomic E-state index is -0.229. The van der Waals surface area contributed by atoms with Crippen LogP contribution in [-0.2, 0) is 4.74 Å². The lowest BCUT2D eigenvalue weighted by atomic mass is 9.87. The maximum Gasteiger partial charge on any atom is 0.256 e. The van der Waals surface area contributed by atoms with Gasteiger partial charge in [0.25, 0.3) is 5.91 Å². The number of hydrogen-bond acceptors (Lipinski definition) is 7. The molecule has 0 spiro atoms. The number of nitrogens with one attached hydrogen (secondary N) is 2. The summed E-state index contributed by atoms with van der Waals surface area (Å²) >= 11 is 0. The Balaban J connectivity index is 1.27. The Morgan fingerprint density at radius 3 is 2.79 bits per heavy atom. The summed E-state index contributed by atoms with van der Waals surface area (Å²) < 4.78 is 12.0. The van der Waals surface area contributed by atoms with Crippen molar-refractivity contribution in [3.05, 3.63) is 65.4 Å². The van der Waals surface area contributed by atoms with E-state index in [1.165, 1.54) is 0 Å². The second-order valence-electron chi connectivity index (χ2n) is 8.52. The number of benzene rings is 1. The highest BCUT2D eigenvalue weighted by Crippen LogP contribution is 2.29. The van der Waals surface area contributed by atoms with Gasteiger partial charge < -0.3 is 19.8 Å². The number of carbonyl (C=O) groups excluding carboxylic acids is 1. The molecule has 9 nitrogen and oxygen atoms in total. The highest BCUT2D eigenvalue weighted by Gasteiger charge is 2.25. The molecule has 9 heteroatoms. The van der Waals surface area contributed by atoms with Crippen LogP contribution >= 0.6 is 0 Å². The number of rotatable bonds is 8. The Labute approximate surface area is 198 Å². The largest absolute Gasteiger partial charge is 0.438 e. The molecule has 1 atom stereocenters. The molecule has 1 aromatic carbocycles. The van der Waals surface area contributed by atoms with Crippen molar-refractivity contribution >= 4 is 5.91 Å². The minimum Gasteiger partial charge on any atom is -0.438 e. The molecule has 2 heterocycles. The van der Waals surface area contributed by atoms with Crippen LogP contribution in [-0.4, -0.2) is 38.7 Å². The van der Waals surface area contributed by atoms with Gasteiger partial charge in [-0.1, -0.05) is 6.07 Å². The van der Waals surface area contributed by atoms with Crippen LogP contribution in [0.15, 0.2) is 42.6 Å². The van der Waals surface area contributed by atoms with Gasteiger partial charge in [0.2, 0.25) is 5.88 Å². The van der Waals surface area contributed by atoms with Gasteiger partial charge in [-0.2, -0.15) is 5.26 Å². The summed E-state index contributed by atoms with van der Waals surface area (Å²) in [7, 11) is 0. The number of aromatic nitrogens is 4. The van der Waals surface area contributed by atoms with Gasteiger partial charge in [0.15, 0.2) is 5.82 Å². The molecule has 0 radical (unpaired) electrons. The maximum atomic E-state index is 12.9. The maximum absolute atomic E-state index is 12.9. The number of pyridine rings is 1. The average molecular weight is 461 g/mol. The Bertz CT molecular complexity index is 1160. The predicted molar refractivity (Wildman–Crippen MR) is 124 cm³/mol. The first kappa shape index (κ1) is 23.4. The van der Waals surface area contributed by atoms with Crippen LogP contribution in [0.5, 0.6) is 11.6 Å². The third kappa shape index (κ3) is 5.97. The summed E-state index contributed by atoms with van der Waals surface area (Å²) in [6.07, 6.45) is 5.45. The molecule has 1 aliphatic carbocycles. The molecular formula is C25H28N6O3. The van der Waals surface area contributed by atoms with Gasteiger partial charge in [0.05, 0.1) is 17.7 Å². The van der Waals surface area contributed by atoms with E-state index >= 15 is 0 Å². The van der Waals surface area contributed by atoms with Crippen molar-refractivity contribution in [3.8, 4) is 17.7 Å². The molecule has 3 aromatic rings. The van der Waals surface area contributed by atoms with Crippen molar-refractivity contribution in [2.75, 3.05) is 6.54 Å². The smallest absolute Gasteiger partial charge is 0.256 e. The number of amides is 1. The summed E-state index contributed by atoms with van der Waals surface area (Å²) in [4.78, 5) is 20.2. The van der Waals surface area contributed by atoms with Crippen LogP contribution in [0.4, 0.5) is 0 Å². The van der Waals surface area contributed by atoms with E-state index in [0.717, 1.165) is 37.3 Å². The zero-order chi connectivity index (χ0) is 23.9. The lowest BCUT2D eigenvalue weighted by Gasteiger charge is -2.30. The fourth-order valence-electron chi connectivity index (χ4n) is 4.09. The molecule has 1 saturated carbocycles. The minimum absolute atomic E-state index is 0.125. The van der Waals surface area contributed by atoms with E-state index in [-0.39, 0.29) is 24.0 Å². The summed E-state index contributed by atoms with van der Waals surface area (Å²) in [6.45, 7) is 4.44. The highest BCUT2D eigenvalue weighted by molar-refractivity contribution is 5.96. The number of aromatic amines is 1. The van der Waals surface area contributed by atoms with Gasteiger partial charge >= 0.3 is 0 Å². The Kier molecular flexibility index (Phi) is 7.50. The van der Waals surface area contributed by atoms with Gasteiger partial charge in [0.1, 0.15) is 23.2 Å². The highest BCUT2D eigenvalue weighted by atomic mass is 16.5. The SMILES string of the molecule is Cc1nnc(C(C)OC2CCC(CNC(=O)c3cccnc3Oc3cccc(C#N)c3)CC2)[nH]1. The summed E-state index contributed by atoms with van der Waals surface area (Å²) in [5.41, 5.74) is 0.836. The first-order valence-corrected chi connectivity index (χ1v) is 11.5. The van der Waals surface area contributed by atoms with Crippen molar-refractivity contribution in [2.24, 2.45) is 5.92 Å². The first-order chi connectivity index (χ1) is 16.5. The Morgan fingerprint density at radius 2 is 2.06 bits per heavy atom. The standard InChI is InChI=1S/C25H28N6O3/c1-16(23-29-17(2)30-31-23)33-20-10-8-18(9-11-20)15-28-24(32)22-7-4-12-27-25(22)34-21-6-3-5-19(13-21)14-26/h3-7,12-13,16,18,20H,8-11,15H2,1-2H3,(H,28,32)(H,29,30,31). The Hall–Kier alpha value is -3.77. The third-order valence-electron chi connectivity index (χ3n) is 5.94. The average Bonchev–Trinajstić information content (AvgIpc) is 3.30. The molecule has 176 valence electrons. The van der Waals surface area contributed by atoms with Crippen molar-refractivity contribution in [1.82, 2.24) is 25.5 Å². The van der Waals surface area contributed by atoms with Gasteiger partial charge in [-0.3, -0.25) is 4.79 Å². The van der Waals surface area contributed by atoms with E-state index in [2.05, 4.69) is 31.6 Å². The molecular weight excluding hydrogens is 432 g/mol. The van der Waals surface area contributed by atoms with E-state index < -0.39 is 0 Å². The molecule has 2 N–H and O–H groups in total. The molecule has 0 saturated heterocycles. The molecule has 1 unspecified atom stereocenters. The van der Waals surface area contributed by atoms with Gasteiger partial charge in [-0.05, 0) is 75.8 Å². The fraction of sp³-hybridized carbons (Fsp3) is 0.400. The number of ether oxygens (including phenoxy) is 2. The number of nitriles is 1. The number of nitrogens with zero attached hydrogens (tertiary/aromatic N) is 4. The van der Waals surface area contributed by atoms with Crippen molar-refractivity contribution < 1.29 is 14.3 Å². The van der Waals surface area contributed by atoms with Gasteiger partial charge in [-0.15, -0.1) is 10.2 Å². The van der Waals surface area contributed by atoms with E-state index in [1.807, 2.05) is 13.8 Å². The molecule has 0 bridgehead atoms. The number of aryl methyl sites for hydroxylation is 1. The normalized spacial score (nSPS) is 18.6. The van der Waals surface area contributed by atoms with E-state index in [4.69, 9.17) is 14.7 Å². The number of hydrogen-bond donors (Lipinski definition) is 2. The molecule has 34 heavy (non-hydrogen) atoms. The van der Waals surface area contributed by atoms with Gasteiger partial charge in [0, 0.05) is 12.7 Å². The van der Waals surface area contributed by atoms with Gasteiger partial charge in [-0.25, -0.2) is 4.98 Å². The summed E-state index contributed by atoms with van der Waals surface area (Å²) in [5, 5.41) is 20.2. The van der Waals surface area contributed by atoms with Crippen molar-refractivity contribution in [2.45, 2.75) is 51.7 Å². The predicted octanol–water partition coefficient (Wildman–Crippen LogP) is 4.24. The molecule has 1 aliphatic rings.